The van der Waals surface area contributed by atoms with Gasteiger partial charge in [0.25, 0.3) is 0 Å². The first kappa shape index (κ1) is 23.2. The second-order valence-electron chi connectivity index (χ2n) is 9.58. The number of hydrogen-bond acceptors (Lipinski definition) is 10. The lowest BCUT2D eigenvalue weighted by Gasteiger charge is -2.44. The molecule has 1 spiro atoms. The van der Waals surface area contributed by atoms with Crippen molar-refractivity contribution in [3.8, 4) is 0 Å². The van der Waals surface area contributed by atoms with Gasteiger partial charge in [-0.15, -0.1) is 0 Å². The Bertz CT molecular complexity index is 1210. The van der Waals surface area contributed by atoms with E-state index >= 15 is 0 Å². The normalized spacial score (nSPS) is 24.1. The third-order valence-electron chi connectivity index (χ3n) is 7.50. The van der Waals surface area contributed by atoms with Crippen LogP contribution in [0, 0.1) is 0 Å². The van der Waals surface area contributed by atoms with E-state index in [-0.39, 0.29) is 6.54 Å². The van der Waals surface area contributed by atoms with E-state index < -0.39 is 35.7 Å². The van der Waals surface area contributed by atoms with E-state index in [1.165, 1.54) is 26.5 Å². The second-order valence-corrected chi connectivity index (χ2v) is 10.4. The van der Waals surface area contributed by atoms with Crippen molar-refractivity contribution < 1.29 is 28.7 Å². The molecule has 190 valence electrons. The van der Waals surface area contributed by atoms with Gasteiger partial charge in [0.2, 0.25) is 0 Å². The van der Waals surface area contributed by atoms with Crippen molar-refractivity contribution in [2.24, 2.45) is 0 Å². The molecule has 4 saturated heterocycles. The number of piperazine rings is 1. The minimum atomic E-state index is -2.03. The number of urea groups is 1. The van der Waals surface area contributed by atoms with Crippen LogP contribution in [0.1, 0.15) is 25.7 Å². The van der Waals surface area contributed by atoms with Crippen LogP contribution in [0.5, 0.6) is 0 Å². The van der Waals surface area contributed by atoms with E-state index in [9.17, 15) is 19.2 Å². The lowest BCUT2D eigenvalue weighted by molar-refractivity contribution is -0.217. The average molecular weight is 514 g/mol. The molecule has 2 aromatic rings. The number of nitrogens with zero attached hydrogens (tertiary/aromatic N) is 5. The number of carbonyl (C=O) groups excluding carboxylic acids is 4. The Balaban J connectivity index is 1.02. The second kappa shape index (κ2) is 9.00. The van der Waals surface area contributed by atoms with Crippen molar-refractivity contribution in [2.75, 3.05) is 50.7 Å². The van der Waals surface area contributed by atoms with E-state index in [0.717, 1.165) is 49.9 Å². The third kappa shape index (κ3) is 3.70. The first-order chi connectivity index (χ1) is 17.5. The number of rotatable bonds is 6. The minimum absolute atomic E-state index is 0.183. The molecule has 4 aliphatic heterocycles. The number of esters is 2. The summed E-state index contributed by atoms with van der Waals surface area (Å²) in [6.45, 7) is 5.09. The highest BCUT2D eigenvalue weighted by Crippen LogP contribution is 2.40. The summed E-state index contributed by atoms with van der Waals surface area (Å²) in [7, 11) is 0. The van der Waals surface area contributed by atoms with E-state index in [2.05, 4.69) is 26.3 Å². The number of fused-ring (bicyclic) bond motifs is 3. The molecule has 11 nitrogen and oxygen atoms in total. The van der Waals surface area contributed by atoms with E-state index in [1.807, 2.05) is 12.1 Å². The van der Waals surface area contributed by atoms with Crippen molar-refractivity contribution in [1.82, 2.24) is 19.1 Å². The molecule has 4 fully saturated rings. The summed E-state index contributed by atoms with van der Waals surface area (Å²) in [5.41, 5.74) is 0. The standard InChI is InChI=1S/C24H27N5O6S/c30-20-21(31)35-24(34-20)18-8-5-11-28(18)23(33)29(22(24)32)10-4-3-9-26-12-14-27(15-13-26)19-16-6-1-2-7-17(16)36-25-19/h1-2,6-7,18H,3-5,8-15H2. The molecule has 3 amide bonds. The number of unbranched alkanes of at least 4 members (excludes halogenated alkanes) is 1. The number of imide groups is 1. The molecule has 6 rings (SSSR count). The topological polar surface area (TPSA) is 113 Å². The van der Waals surface area contributed by atoms with Crippen molar-refractivity contribution in [2.45, 2.75) is 37.5 Å². The largest absolute Gasteiger partial charge is 0.421 e. The molecule has 5 heterocycles. The zero-order valence-corrected chi connectivity index (χ0v) is 20.6. The monoisotopic (exact) mass is 513 g/mol. The Morgan fingerprint density at radius 2 is 1.67 bits per heavy atom. The maximum atomic E-state index is 13.2. The van der Waals surface area contributed by atoms with Crippen molar-refractivity contribution >= 4 is 51.3 Å². The Morgan fingerprint density at radius 1 is 0.944 bits per heavy atom. The summed E-state index contributed by atoms with van der Waals surface area (Å²) in [4.78, 5) is 57.1. The molecule has 0 aliphatic carbocycles. The molecule has 0 bridgehead atoms. The van der Waals surface area contributed by atoms with Crippen LogP contribution in [-0.4, -0.2) is 101 Å². The van der Waals surface area contributed by atoms with Gasteiger partial charge in [0.1, 0.15) is 11.9 Å². The summed E-state index contributed by atoms with van der Waals surface area (Å²) < 4.78 is 16.2. The van der Waals surface area contributed by atoms with Gasteiger partial charge < -0.3 is 19.3 Å². The smallest absolute Gasteiger partial charge is 0.403 e. The summed E-state index contributed by atoms with van der Waals surface area (Å²) in [6.07, 6.45) is 2.49. The van der Waals surface area contributed by atoms with Gasteiger partial charge in [-0.05, 0) is 55.9 Å². The van der Waals surface area contributed by atoms with Crippen molar-refractivity contribution in [1.29, 1.82) is 0 Å². The summed E-state index contributed by atoms with van der Waals surface area (Å²) in [5.74, 6) is -4.10. The maximum absolute atomic E-state index is 13.2. The Morgan fingerprint density at radius 3 is 2.44 bits per heavy atom. The molecule has 1 atom stereocenters. The van der Waals surface area contributed by atoms with Crippen LogP contribution in [0.4, 0.5) is 10.6 Å². The number of carbonyl (C=O) groups is 4. The van der Waals surface area contributed by atoms with Gasteiger partial charge in [0.05, 0.1) is 4.70 Å². The van der Waals surface area contributed by atoms with E-state index in [1.54, 1.807) is 0 Å². The van der Waals surface area contributed by atoms with Gasteiger partial charge in [0, 0.05) is 44.7 Å². The van der Waals surface area contributed by atoms with Gasteiger partial charge in [-0.25, -0.2) is 14.4 Å². The van der Waals surface area contributed by atoms with Crippen LogP contribution in [0.3, 0.4) is 0 Å². The lowest BCUT2D eigenvalue weighted by atomic mass is 10.00. The van der Waals surface area contributed by atoms with Crippen LogP contribution >= 0.6 is 11.5 Å². The summed E-state index contributed by atoms with van der Waals surface area (Å²) in [5, 5.41) is 1.20. The number of benzene rings is 1. The molecule has 1 unspecified atom stereocenters. The average Bonchev–Trinajstić information content (AvgIpc) is 3.61. The van der Waals surface area contributed by atoms with Gasteiger partial charge in [-0.2, -0.15) is 4.37 Å². The van der Waals surface area contributed by atoms with Crippen LogP contribution in [0.2, 0.25) is 0 Å². The molecular weight excluding hydrogens is 486 g/mol. The summed E-state index contributed by atoms with van der Waals surface area (Å²) >= 11 is 1.53. The zero-order chi connectivity index (χ0) is 24.9. The quantitative estimate of drug-likeness (QED) is 0.322. The molecule has 1 aromatic carbocycles. The molecule has 0 radical (unpaired) electrons. The molecule has 36 heavy (non-hydrogen) atoms. The molecular formula is C24H27N5O6S. The highest BCUT2D eigenvalue weighted by atomic mass is 32.1. The van der Waals surface area contributed by atoms with Crippen LogP contribution in [0.25, 0.3) is 10.1 Å². The van der Waals surface area contributed by atoms with Crippen LogP contribution in [-0.2, 0) is 23.9 Å². The highest BCUT2D eigenvalue weighted by Gasteiger charge is 2.68. The fourth-order valence-electron chi connectivity index (χ4n) is 5.65. The van der Waals surface area contributed by atoms with Crippen LogP contribution < -0.4 is 4.90 Å². The van der Waals surface area contributed by atoms with Crippen molar-refractivity contribution in [3.63, 3.8) is 0 Å². The van der Waals surface area contributed by atoms with Gasteiger partial charge >= 0.3 is 29.7 Å². The molecule has 12 heteroatoms. The lowest BCUT2D eigenvalue weighted by Crippen LogP contribution is -2.69. The molecule has 4 aliphatic rings. The predicted octanol–water partition coefficient (Wildman–Crippen LogP) is 1.42. The number of anilines is 1. The predicted molar refractivity (Wildman–Crippen MR) is 129 cm³/mol. The van der Waals surface area contributed by atoms with Gasteiger partial charge in [-0.1, -0.05) is 12.1 Å². The molecule has 0 saturated carbocycles. The number of ether oxygens (including phenoxy) is 2. The first-order valence-corrected chi connectivity index (χ1v) is 13.2. The van der Waals surface area contributed by atoms with Crippen LogP contribution in [0.15, 0.2) is 24.3 Å². The Labute approximate surface area is 211 Å². The molecule has 1 aromatic heterocycles. The zero-order valence-electron chi connectivity index (χ0n) is 19.8. The first-order valence-electron chi connectivity index (χ1n) is 12.4. The van der Waals surface area contributed by atoms with Gasteiger partial charge in [-0.3, -0.25) is 14.6 Å². The Hall–Kier alpha value is -3.25. The SMILES string of the molecule is O=C1OC2(OC1=O)C(=O)N(CCCCN1CCN(c3nsc4ccccc34)CC1)C(=O)N1CCCC12. The maximum Gasteiger partial charge on any atom is 0.421 e. The fraction of sp³-hybridized carbons (Fsp3) is 0.542. The Kier molecular flexibility index (Phi) is 5.79. The van der Waals surface area contributed by atoms with Gasteiger partial charge in [0.15, 0.2) is 0 Å². The van der Waals surface area contributed by atoms with E-state index in [4.69, 9.17) is 9.47 Å². The summed E-state index contributed by atoms with van der Waals surface area (Å²) in [6, 6.07) is 7.12. The van der Waals surface area contributed by atoms with Crippen molar-refractivity contribution in [3.05, 3.63) is 24.3 Å². The third-order valence-corrected chi connectivity index (χ3v) is 8.32. The highest BCUT2D eigenvalue weighted by molar-refractivity contribution is 7.13. The number of amides is 3. The fourth-order valence-corrected chi connectivity index (χ4v) is 6.45. The van der Waals surface area contributed by atoms with E-state index in [0.29, 0.717) is 25.8 Å². The number of hydrogen-bond donors (Lipinski definition) is 0. The molecule has 0 N–H and O–H groups in total. The number of aromatic nitrogens is 1. The minimum Gasteiger partial charge on any atom is -0.403 e.